The molecule has 258 valence electrons. The molecule has 0 saturated heterocycles. The standard InChI is InChI=1S/C16H15NO4.C12H11NO3.C8H10O3.CH4/c1-4-20-16(19)13(10-17)9-12-5-7-14(8-6-12)21-15(18)11(2)3;1-2-16-12(15)10(8-13)7-9-3-5-11(14)6-4-9;1-5(2)7(9)11-8(10)6(3)4;/h5-9H,2,4H2,1,3H3;3-7,14H,2H2,1H3;1,3H2,2,4H3;1H4/b13-9-;10-7-;;. The molecule has 0 unspecified atom stereocenters. The number of phenolic OH excluding ortho intramolecular Hbond substituents is 1. The van der Waals surface area contributed by atoms with Gasteiger partial charge in [0.2, 0.25) is 0 Å². The Balaban J connectivity index is 0. The van der Waals surface area contributed by atoms with Crippen LogP contribution in [0, 0.1) is 22.7 Å². The van der Waals surface area contributed by atoms with E-state index in [1.54, 1.807) is 69.3 Å². The van der Waals surface area contributed by atoms with Crippen molar-refractivity contribution in [3.63, 3.8) is 0 Å². The normalized spacial score (nSPS) is 9.86. The minimum Gasteiger partial charge on any atom is -0.508 e. The van der Waals surface area contributed by atoms with Crippen LogP contribution in [0.4, 0.5) is 0 Å². The first kappa shape index (κ1) is 44.6. The Morgan fingerprint density at radius 2 is 1.00 bits per heavy atom. The Morgan fingerprint density at radius 3 is 1.31 bits per heavy atom. The van der Waals surface area contributed by atoms with Crippen molar-refractivity contribution < 1.29 is 48.0 Å². The fourth-order valence-corrected chi connectivity index (χ4v) is 2.68. The number of hydrogen-bond acceptors (Lipinski definition) is 12. The summed E-state index contributed by atoms with van der Waals surface area (Å²) in [7, 11) is 0. The zero-order chi connectivity index (χ0) is 36.8. The van der Waals surface area contributed by atoms with Crippen molar-refractivity contribution in [2.75, 3.05) is 13.2 Å². The van der Waals surface area contributed by atoms with Gasteiger partial charge in [0.05, 0.1) is 13.2 Å². The molecule has 12 nitrogen and oxygen atoms in total. The molecule has 49 heavy (non-hydrogen) atoms. The quantitative estimate of drug-likeness (QED) is 0.0736. The molecule has 0 heterocycles. The van der Waals surface area contributed by atoms with E-state index in [0.717, 1.165) is 0 Å². The Hall–Kier alpha value is -6.53. The highest BCUT2D eigenvalue weighted by molar-refractivity contribution is 6.01. The van der Waals surface area contributed by atoms with Gasteiger partial charge < -0.3 is 24.1 Å². The second kappa shape index (κ2) is 23.8. The number of carbonyl (C=O) groups excluding carboxylic acids is 5. The third-order valence-electron chi connectivity index (χ3n) is 5.07. The van der Waals surface area contributed by atoms with E-state index in [4.69, 9.17) is 29.8 Å². The zero-order valence-electron chi connectivity index (χ0n) is 27.3. The van der Waals surface area contributed by atoms with E-state index in [2.05, 4.69) is 24.5 Å². The molecule has 0 saturated carbocycles. The van der Waals surface area contributed by atoms with E-state index in [-0.39, 0.29) is 48.7 Å². The first-order chi connectivity index (χ1) is 22.6. The number of esters is 5. The van der Waals surface area contributed by atoms with Gasteiger partial charge in [0, 0.05) is 16.7 Å². The van der Waals surface area contributed by atoms with Crippen LogP contribution in [0.25, 0.3) is 12.2 Å². The Labute approximate surface area is 286 Å². The minimum atomic E-state index is -0.710. The van der Waals surface area contributed by atoms with Gasteiger partial charge in [-0.15, -0.1) is 0 Å². The van der Waals surface area contributed by atoms with Crippen molar-refractivity contribution in [1.82, 2.24) is 0 Å². The van der Waals surface area contributed by atoms with Crippen LogP contribution in [0.15, 0.2) is 96.1 Å². The summed E-state index contributed by atoms with van der Waals surface area (Å²) in [6.07, 6.45) is 2.82. The molecule has 2 aromatic rings. The fourth-order valence-electron chi connectivity index (χ4n) is 2.68. The summed E-state index contributed by atoms with van der Waals surface area (Å²) in [6.45, 7) is 18.4. The number of aromatic hydroxyl groups is 1. The summed E-state index contributed by atoms with van der Waals surface area (Å²) < 4.78 is 18.8. The highest BCUT2D eigenvalue weighted by Crippen LogP contribution is 2.16. The molecule has 0 spiro atoms. The lowest BCUT2D eigenvalue weighted by molar-refractivity contribution is -0.154. The van der Waals surface area contributed by atoms with Gasteiger partial charge in [-0.2, -0.15) is 10.5 Å². The summed E-state index contributed by atoms with van der Waals surface area (Å²) in [5.41, 5.74) is 1.81. The molecule has 0 fully saturated rings. The molecule has 0 amide bonds. The minimum absolute atomic E-state index is 0. The van der Waals surface area contributed by atoms with Crippen LogP contribution in [-0.4, -0.2) is 48.2 Å². The van der Waals surface area contributed by atoms with Crippen LogP contribution < -0.4 is 4.74 Å². The van der Waals surface area contributed by atoms with Crippen molar-refractivity contribution >= 4 is 42.0 Å². The van der Waals surface area contributed by atoms with Gasteiger partial charge in [0.25, 0.3) is 0 Å². The molecule has 2 aromatic carbocycles. The van der Waals surface area contributed by atoms with E-state index in [1.807, 2.05) is 0 Å². The van der Waals surface area contributed by atoms with Crippen LogP contribution in [0.2, 0.25) is 0 Å². The third-order valence-corrected chi connectivity index (χ3v) is 5.07. The molecule has 2 rings (SSSR count). The van der Waals surface area contributed by atoms with E-state index in [9.17, 15) is 24.0 Å². The number of carbonyl (C=O) groups is 5. The van der Waals surface area contributed by atoms with Gasteiger partial charge in [-0.25, -0.2) is 24.0 Å². The molecule has 0 aromatic heterocycles. The smallest absolute Gasteiger partial charge is 0.348 e. The molecule has 0 aliphatic rings. The van der Waals surface area contributed by atoms with Crippen molar-refractivity contribution in [2.45, 2.75) is 42.0 Å². The third kappa shape index (κ3) is 18.3. The number of nitriles is 2. The molecule has 12 heteroatoms. The summed E-state index contributed by atoms with van der Waals surface area (Å²) >= 11 is 0. The summed E-state index contributed by atoms with van der Waals surface area (Å²) in [5, 5.41) is 26.8. The van der Waals surface area contributed by atoms with Gasteiger partial charge in [0.15, 0.2) is 0 Å². The molecule has 0 radical (unpaired) electrons. The van der Waals surface area contributed by atoms with Crippen molar-refractivity contribution in [1.29, 1.82) is 10.5 Å². The largest absolute Gasteiger partial charge is 0.508 e. The van der Waals surface area contributed by atoms with E-state index < -0.39 is 29.8 Å². The molecule has 0 bridgehead atoms. The van der Waals surface area contributed by atoms with Crippen LogP contribution >= 0.6 is 0 Å². The van der Waals surface area contributed by atoms with Crippen molar-refractivity contribution in [3.8, 4) is 23.6 Å². The van der Waals surface area contributed by atoms with Gasteiger partial charge in [-0.05, 0) is 82.2 Å². The number of ether oxygens (including phenoxy) is 4. The molecule has 0 aliphatic carbocycles. The monoisotopic (exact) mass is 672 g/mol. The zero-order valence-corrected chi connectivity index (χ0v) is 27.3. The lowest BCUT2D eigenvalue weighted by Crippen LogP contribution is -2.12. The predicted octanol–water partition coefficient (Wildman–Crippen LogP) is 6.34. The first-order valence-electron chi connectivity index (χ1n) is 14.0. The molecular formula is C37H40N2O10. The Kier molecular flexibility index (Phi) is 21.6. The molecule has 1 N–H and O–H groups in total. The van der Waals surface area contributed by atoms with Crippen molar-refractivity contribution in [2.24, 2.45) is 0 Å². The molecular weight excluding hydrogens is 632 g/mol. The summed E-state index contributed by atoms with van der Waals surface area (Å²) in [5.74, 6) is -2.75. The van der Waals surface area contributed by atoms with Gasteiger partial charge in [0.1, 0.15) is 34.8 Å². The van der Waals surface area contributed by atoms with Gasteiger partial charge in [-0.1, -0.05) is 51.4 Å². The number of benzene rings is 2. The first-order valence-corrected chi connectivity index (χ1v) is 14.0. The molecule has 0 atom stereocenters. The van der Waals surface area contributed by atoms with Crippen LogP contribution in [0.3, 0.4) is 0 Å². The number of rotatable bonds is 10. The SMILES string of the molecule is C.C=C(C)C(=O)OC(=O)C(=C)C.C=C(C)C(=O)Oc1ccc(/C=C(/C#N)C(=O)OCC)cc1.CCOC(=O)/C(C#N)=C\c1ccc(O)cc1. The van der Waals surface area contributed by atoms with Crippen LogP contribution in [0.5, 0.6) is 11.5 Å². The maximum Gasteiger partial charge on any atom is 0.348 e. The highest BCUT2D eigenvalue weighted by atomic mass is 16.6. The number of phenols is 1. The second-order valence-electron chi connectivity index (χ2n) is 9.35. The lowest BCUT2D eigenvalue weighted by Gasteiger charge is -2.04. The van der Waals surface area contributed by atoms with E-state index >= 15 is 0 Å². The van der Waals surface area contributed by atoms with Crippen molar-refractivity contribution in [3.05, 3.63) is 107 Å². The average molecular weight is 673 g/mol. The lowest BCUT2D eigenvalue weighted by atomic mass is 10.1. The number of nitrogens with zero attached hydrogens (tertiary/aromatic N) is 2. The predicted molar refractivity (Wildman–Crippen MR) is 183 cm³/mol. The highest BCUT2D eigenvalue weighted by Gasteiger charge is 2.12. The van der Waals surface area contributed by atoms with Crippen LogP contribution in [-0.2, 0) is 38.2 Å². The maximum atomic E-state index is 11.5. The fraction of sp³-hybridized carbons (Fsp3) is 0.216. The summed E-state index contributed by atoms with van der Waals surface area (Å²) in [6, 6.07) is 16.1. The second-order valence-corrected chi connectivity index (χ2v) is 9.35. The Morgan fingerprint density at radius 1 is 0.653 bits per heavy atom. The topological polar surface area (TPSA) is 190 Å². The average Bonchev–Trinajstić information content (AvgIpc) is 3.04. The van der Waals surface area contributed by atoms with E-state index in [1.165, 1.54) is 38.1 Å². The van der Waals surface area contributed by atoms with Gasteiger partial charge >= 0.3 is 29.8 Å². The Bertz CT molecular complexity index is 1640. The number of hydrogen-bond donors (Lipinski definition) is 1. The van der Waals surface area contributed by atoms with E-state index in [0.29, 0.717) is 22.4 Å². The van der Waals surface area contributed by atoms with Crippen LogP contribution in [0.1, 0.15) is 53.2 Å². The summed E-state index contributed by atoms with van der Waals surface area (Å²) in [4.78, 5) is 55.4. The molecule has 0 aliphatic heterocycles. The maximum absolute atomic E-state index is 11.5. The van der Waals surface area contributed by atoms with Gasteiger partial charge in [-0.3, -0.25) is 0 Å².